The second kappa shape index (κ2) is 5.73. The Balaban J connectivity index is 2.44. The van der Waals surface area contributed by atoms with Gasteiger partial charge >= 0.3 is 0 Å². The highest BCUT2D eigenvalue weighted by molar-refractivity contribution is 5.09. The van der Waals surface area contributed by atoms with Gasteiger partial charge in [-0.25, -0.2) is 0 Å². The van der Waals surface area contributed by atoms with E-state index in [2.05, 4.69) is 17.2 Å². The molecule has 2 N–H and O–H groups in total. The van der Waals surface area contributed by atoms with Crippen molar-refractivity contribution in [1.82, 2.24) is 10.3 Å². The predicted molar refractivity (Wildman–Crippen MR) is 57.0 cm³/mol. The number of aliphatic hydroxyl groups excluding tert-OH is 1. The summed E-state index contributed by atoms with van der Waals surface area (Å²) in [5.41, 5.74) is 2.05. The van der Waals surface area contributed by atoms with E-state index < -0.39 is 0 Å². The minimum absolute atomic E-state index is 0.178. The van der Waals surface area contributed by atoms with E-state index in [4.69, 9.17) is 5.11 Å². The van der Waals surface area contributed by atoms with Gasteiger partial charge in [0.2, 0.25) is 0 Å². The molecule has 0 aromatic carbocycles. The molecule has 0 saturated carbocycles. The van der Waals surface area contributed by atoms with Gasteiger partial charge in [-0.05, 0) is 25.5 Å². The summed E-state index contributed by atoms with van der Waals surface area (Å²) in [5, 5.41) is 12.2. The minimum atomic E-state index is 0.178. The lowest BCUT2D eigenvalue weighted by Gasteiger charge is -2.13. The van der Waals surface area contributed by atoms with Crippen LogP contribution in [-0.2, 0) is 6.54 Å². The van der Waals surface area contributed by atoms with Crippen LogP contribution in [0.5, 0.6) is 0 Å². The van der Waals surface area contributed by atoms with Crippen molar-refractivity contribution in [2.24, 2.45) is 0 Å². The number of nitrogens with zero attached hydrogens (tertiary/aromatic N) is 1. The number of rotatable bonds is 5. The lowest BCUT2D eigenvalue weighted by atomic mass is 10.2. The number of pyridine rings is 1. The van der Waals surface area contributed by atoms with Crippen molar-refractivity contribution >= 4 is 0 Å². The summed E-state index contributed by atoms with van der Waals surface area (Å²) < 4.78 is 0. The van der Waals surface area contributed by atoms with E-state index in [-0.39, 0.29) is 12.6 Å². The third-order valence-electron chi connectivity index (χ3n) is 2.23. The molecular formula is C11H18N2O. The van der Waals surface area contributed by atoms with Crippen LogP contribution in [0.2, 0.25) is 0 Å². The molecule has 1 atom stereocenters. The van der Waals surface area contributed by atoms with Crippen LogP contribution in [0.3, 0.4) is 0 Å². The average molecular weight is 194 g/mol. The van der Waals surface area contributed by atoms with E-state index in [0.717, 1.165) is 24.4 Å². The van der Waals surface area contributed by atoms with Crippen LogP contribution >= 0.6 is 0 Å². The van der Waals surface area contributed by atoms with Crippen molar-refractivity contribution in [1.29, 1.82) is 0 Å². The lowest BCUT2D eigenvalue weighted by Crippen LogP contribution is -2.31. The molecule has 0 aliphatic heterocycles. The third kappa shape index (κ3) is 3.44. The molecule has 0 saturated heterocycles. The van der Waals surface area contributed by atoms with E-state index in [0.29, 0.717) is 0 Å². The van der Waals surface area contributed by atoms with Crippen molar-refractivity contribution < 1.29 is 5.11 Å². The van der Waals surface area contributed by atoms with Gasteiger partial charge in [0.05, 0.1) is 12.3 Å². The lowest BCUT2D eigenvalue weighted by molar-refractivity contribution is 0.238. The molecule has 0 fully saturated rings. The van der Waals surface area contributed by atoms with Crippen LogP contribution in [0.15, 0.2) is 18.2 Å². The number of aliphatic hydroxyl groups is 1. The van der Waals surface area contributed by atoms with Crippen LogP contribution in [0.4, 0.5) is 0 Å². The van der Waals surface area contributed by atoms with Gasteiger partial charge in [0.25, 0.3) is 0 Å². The van der Waals surface area contributed by atoms with E-state index >= 15 is 0 Å². The number of aryl methyl sites for hydroxylation is 1. The highest BCUT2D eigenvalue weighted by Gasteiger charge is 2.03. The fourth-order valence-corrected chi connectivity index (χ4v) is 1.28. The van der Waals surface area contributed by atoms with Gasteiger partial charge in [-0.3, -0.25) is 4.98 Å². The summed E-state index contributed by atoms with van der Waals surface area (Å²) in [7, 11) is 0. The van der Waals surface area contributed by atoms with Crippen LogP contribution in [0, 0.1) is 6.92 Å². The van der Waals surface area contributed by atoms with Crippen molar-refractivity contribution in [2.75, 3.05) is 6.61 Å². The topological polar surface area (TPSA) is 45.1 Å². The maximum atomic E-state index is 8.98. The smallest absolute Gasteiger partial charge is 0.0584 e. The van der Waals surface area contributed by atoms with Crippen LogP contribution < -0.4 is 5.32 Å². The normalized spacial score (nSPS) is 12.8. The summed E-state index contributed by atoms with van der Waals surface area (Å²) in [4.78, 5) is 4.37. The molecular weight excluding hydrogens is 176 g/mol. The second-order valence-corrected chi connectivity index (χ2v) is 3.44. The first-order valence-corrected chi connectivity index (χ1v) is 5.03. The fraction of sp³-hybridized carbons (Fsp3) is 0.545. The first-order chi connectivity index (χ1) is 6.76. The maximum absolute atomic E-state index is 8.98. The maximum Gasteiger partial charge on any atom is 0.0584 e. The Morgan fingerprint density at radius 1 is 1.50 bits per heavy atom. The molecule has 78 valence electrons. The van der Waals surface area contributed by atoms with Crippen molar-refractivity contribution in [3.8, 4) is 0 Å². The Labute approximate surface area is 85.2 Å². The zero-order valence-electron chi connectivity index (χ0n) is 8.83. The largest absolute Gasteiger partial charge is 0.395 e. The van der Waals surface area contributed by atoms with Crippen molar-refractivity contribution in [3.05, 3.63) is 29.6 Å². The quantitative estimate of drug-likeness (QED) is 0.741. The van der Waals surface area contributed by atoms with Gasteiger partial charge in [0.1, 0.15) is 0 Å². The van der Waals surface area contributed by atoms with Crippen LogP contribution in [-0.4, -0.2) is 22.7 Å². The van der Waals surface area contributed by atoms with Gasteiger partial charge in [-0.1, -0.05) is 13.0 Å². The summed E-state index contributed by atoms with van der Waals surface area (Å²) in [5.74, 6) is 0. The monoisotopic (exact) mass is 194 g/mol. The molecule has 3 heteroatoms. The molecule has 0 radical (unpaired) electrons. The summed E-state index contributed by atoms with van der Waals surface area (Å²) in [6, 6.07) is 6.15. The highest BCUT2D eigenvalue weighted by atomic mass is 16.3. The SMILES string of the molecule is CCC(CO)NCc1cccc(C)n1. The van der Waals surface area contributed by atoms with E-state index in [1.807, 2.05) is 25.1 Å². The Morgan fingerprint density at radius 2 is 2.29 bits per heavy atom. The third-order valence-corrected chi connectivity index (χ3v) is 2.23. The van der Waals surface area contributed by atoms with Gasteiger partial charge in [-0.15, -0.1) is 0 Å². The van der Waals surface area contributed by atoms with Crippen molar-refractivity contribution in [2.45, 2.75) is 32.9 Å². The van der Waals surface area contributed by atoms with Gasteiger partial charge in [0.15, 0.2) is 0 Å². The Kier molecular flexibility index (Phi) is 4.56. The molecule has 1 aromatic rings. The molecule has 0 bridgehead atoms. The van der Waals surface area contributed by atoms with Crippen LogP contribution in [0.1, 0.15) is 24.7 Å². The van der Waals surface area contributed by atoms with Crippen molar-refractivity contribution in [3.63, 3.8) is 0 Å². The fourth-order valence-electron chi connectivity index (χ4n) is 1.28. The van der Waals surface area contributed by atoms with E-state index in [9.17, 15) is 0 Å². The second-order valence-electron chi connectivity index (χ2n) is 3.44. The minimum Gasteiger partial charge on any atom is -0.395 e. The Hall–Kier alpha value is -0.930. The molecule has 1 unspecified atom stereocenters. The van der Waals surface area contributed by atoms with Gasteiger partial charge in [-0.2, -0.15) is 0 Å². The zero-order chi connectivity index (χ0) is 10.4. The molecule has 1 aromatic heterocycles. The molecule has 0 amide bonds. The van der Waals surface area contributed by atoms with Gasteiger partial charge < -0.3 is 10.4 Å². The Morgan fingerprint density at radius 3 is 2.86 bits per heavy atom. The number of hydrogen-bond acceptors (Lipinski definition) is 3. The van der Waals surface area contributed by atoms with Crippen LogP contribution in [0.25, 0.3) is 0 Å². The summed E-state index contributed by atoms with van der Waals surface area (Å²) >= 11 is 0. The molecule has 14 heavy (non-hydrogen) atoms. The number of aromatic nitrogens is 1. The molecule has 1 rings (SSSR count). The standard InChI is InChI=1S/C11H18N2O/c1-3-10(8-14)12-7-11-6-4-5-9(2)13-11/h4-6,10,12,14H,3,7-8H2,1-2H3. The first kappa shape index (κ1) is 11.1. The summed E-state index contributed by atoms with van der Waals surface area (Å²) in [6.07, 6.45) is 0.933. The molecule has 0 spiro atoms. The zero-order valence-corrected chi connectivity index (χ0v) is 8.83. The summed E-state index contributed by atoms with van der Waals surface area (Å²) in [6.45, 7) is 4.94. The number of hydrogen-bond donors (Lipinski definition) is 2. The molecule has 1 heterocycles. The highest BCUT2D eigenvalue weighted by Crippen LogP contribution is 1.99. The van der Waals surface area contributed by atoms with Gasteiger partial charge in [0, 0.05) is 18.3 Å². The number of nitrogens with one attached hydrogen (secondary N) is 1. The average Bonchev–Trinajstić information content (AvgIpc) is 2.19. The molecule has 3 nitrogen and oxygen atoms in total. The Bertz CT molecular complexity index is 272. The van der Waals surface area contributed by atoms with E-state index in [1.54, 1.807) is 0 Å². The van der Waals surface area contributed by atoms with E-state index in [1.165, 1.54) is 0 Å². The molecule has 0 aliphatic carbocycles. The first-order valence-electron chi connectivity index (χ1n) is 5.03. The predicted octanol–water partition coefficient (Wildman–Crippen LogP) is 1.25. The molecule has 0 aliphatic rings.